The van der Waals surface area contributed by atoms with Gasteiger partial charge in [-0.05, 0) is 31.5 Å². The van der Waals surface area contributed by atoms with Crippen LogP contribution in [-0.4, -0.2) is 61.0 Å². The Balaban J connectivity index is 1.14. The fourth-order valence-electron chi connectivity index (χ4n) is 4.37. The first-order valence-electron chi connectivity index (χ1n) is 9.49. The molecule has 2 atom stereocenters. The number of hydrogen-bond donors (Lipinski definition) is 0. The number of fused-ring (bicyclic) bond motifs is 2. The second kappa shape index (κ2) is 7.26. The SMILES string of the molecule is O=C1c2ccccc2C(=O)N1CCCCCCN1C[C@H]2COC[C@H]2C1. The van der Waals surface area contributed by atoms with Gasteiger partial charge in [-0.1, -0.05) is 25.0 Å². The fourth-order valence-corrected chi connectivity index (χ4v) is 4.37. The molecule has 2 fully saturated rings. The first-order chi connectivity index (χ1) is 12.2. The van der Waals surface area contributed by atoms with E-state index in [-0.39, 0.29) is 11.8 Å². The number of likely N-dealkylation sites (tertiary alicyclic amines) is 1. The summed E-state index contributed by atoms with van der Waals surface area (Å²) in [5, 5.41) is 0. The van der Waals surface area contributed by atoms with Gasteiger partial charge >= 0.3 is 0 Å². The highest BCUT2D eigenvalue weighted by atomic mass is 16.5. The summed E-state index contributed by atoms with van der Waals surface area (Å²) in [6.07, 6.45) is 4.32. The number of amides is 2. The zero-order chi connectivity index (χ0) is 17.2. The van der Waals surface area contributed by atoms with E-state index >= 15 is 0 Å². The normalized spacial score (nSPS) is 25.7. The lowest BCUT2D eigenvalue weighted by atomic mass is 10.0. The molecule has 0 aromatic heterocycles. The molecule has 2 saturated heterocycles. The Morgan fingerprint density at radius 1 is 0.840 bits per heavy atom. The van der Waals surface area contributed by atoms with E-state index in [0.29, 0.717) is 17.7 Å². The van der Waals surface area contributed by atoms with Gasteiger partial charge in [0.1, 0.15) is 0 Å². The lowest BCUT2D eigenvalue weighted by molar-refractivity contribution is 0.0651. The van der Waals surface area contributed by atoms with E-state index in [1.54, 1.807) is 12.1 Å². The van der Waals surface area contributed by atoms with Gasteiger partial charge in [-0.3, -0.25) is 14.5 Å². The summed E-state index contributed by atoms with van der Waals surface area (Å²) in [5.41, 5.74) is 1.10. The molecule has 2 amide bonds. The molecule has 4 rings (SSSR count). The van der Waals surface area contributed by atoms with Crippen molar-refractivity contribution in [1.29, 1.82) is 0 Å². The highest BCUT2D eigenvalue weighted by molar-refractivity contribution is 6.21. The van der Waals surface area contributed by atoms with Gasteiger partial charge in [0.2, 0.25) is 0 Å². The second-order valence-electron chi connectivity index (χ2n) is 7.54. The molecular weight excluding hydrogens is 316 g/mol. The topological polar surface area (TPSA) is 49.9 Å². The average molecular weight is 342 g/mol. The number of benzene rings is 1. The van der Waals surface area contributed by atoms with Crippen molar-refractivity contribution >= 4 is 11.8 Å². The van der Waals surface area contributed by atoms with E-state index in [9.17, 15) is 9.59 Å². The van der Waals surface area contributed by atoms with Gasteiger partial charge < -0.3 is 9.64 Å². The van der Waals surface area contributed by atoms with E-state index in [4.69, 9.17) is 4.74 Å². The van der Waals surface area contributed by atoms with Crippen LogP contribution in [0.25, 0.3) is 0 Å². The molecule has 1 aromatic rings. The Morgan fingerprint density at radius 3 is 2.00 bits per heavy atom. The molecule has 0 radical (unpaired) electrons. The van der Waals surface area contributed by atoms with Crippen LogP contribution in [0.3, 0.4) is 0 Å². The summed E-state index contributed by atoms with van der Waals surface area (Å²) >= 11 is 0. The molecule has 1 aromatic carbocycles. The zero-order valence-corrected chi connectivity index (χ0v) is 14.7. The quantitative estimate of drug-likeness (QED) is 0.564. The average Bonchev–Trinajstić information content (AvgIpc) is 3.27. The number of unbranched alkanes of at least 4 members (excludes halogenated alkanes) is 3. The number of nitrogens with zero attached hydrogens (tertiary/aromatic N) is 2. The summed E-state index contributed by atoms with van der Waals surface area (Å²) in [6, 6.07) is 7.11. The molecule has 0 spiro atoms. The van der Waals surface area contributed by atoms with E-state index in [2.05, 4.69) is 4.90 Å². The number of carbonyl (C=O) groups excluding carboxylic acids is 2. The van der Waals surface area contributed by atoms with Crippen molar-refractivity contribution in [2.24, 2.45) is 11.8 Å². The lowest BCUT2D eigenvalue weighted by Gasteiger charge is -2.17. The minimum Gasteiger partial charge on any atom is -0.381 e. The first-order valence-corrected chi connectivity index (χ1v) is 9.49. The highest BCUT2D eigenvalue weighted by Gasteiger charge is 2.36. The van der Waals surface area contributed by atoms with Gasteiger partial charge in [0.15, 0.2) is 0 Å². The van der Waals surface area contributed by atoms with Crippen LogP contribution in [0.15, 0.2) is 24.3 Å². The van der Waals surface area contributed by atoms with Gasteiger partial charge in [0.05, 0.1) is 24.3 Å². The van der Waals surface area contributed by atoms with Crippen molar-refractivity contribution < 1.29 is 14.3 Å². The Bertz CT molecular complexity index is 613. The predicted molar refractivity (Wildman–Crippen MR) is 94.5 cm³/mol. The lowest BCUT2D eigenvalue weighted by Crippen LogP contribution is -2.30. The third-order valence-corrected chi connectivity index (χ3v) is 5.80. The van der Waals surface area contributed by atoms with Crippen LogP contribution in [0.1, 0.15) is 46.4 Å². The van der Waals surface area contributed by atoms with E-state index in [1.165, 1.54) is 31.0 Å². The number of ether oxygens (including phenoxy) is 1. The molecule has 0 aliphatic carbocycles. The van der Waals surface area contributed by atoms with Crippen LogP contribution in [0.5, 0.6) is 0 Å². The van der Waals surface area contributed by atoms with Crippen LogP contribution >= 0.6 is 0 Å². The van der Waals surface area contributed by atoms with Gasteiger partial charge in [0, 0.05) is 31.5 Å². The standard InChI is InChI=1S/C20H26N2O3/c23-19-17-7-3-4-8-18(17)20(24)22(19)10-6-2-1-5-9-21-11-15-13-25-14-16(15)12-21/h3-4,7-8,15-16H,1-2,5-6,9-14H2/t15-,16+. The van der Waals surface area contributed by atoms with Gasteiger partial charge in [-0.25, -0.2) is 0 Å². The van der Waals surface area contributed by atoms with Gasteiger partial charge in [-0.2, -0.15) is 0 Å². The summed E-state index contributed by atoms with van der Waals surface area (Å²) in [5.74, 6) is 1.25. The van der Waals surface area contributed by atoms with Gasteiger partial charge in [-0.15, -0.1) is 0 Å². The summed E-state index contributed by atoms with van der Waals surface area (Å²) in [6.45, 7) is 5.99. The van der Waals surface area contributed by atoms with E-state index in [0.717, 1.165) is 44.3 Å². The minimum absolute atomic E-state index is 0.133. The molecular formula is C20H26N2O3. The molecule has 0 N–H and O–H groups in total. The molecule has 0 saturated carbocycles. The summed E-state index contributed by atoms with van der Waals surface area (Å²) < 4.78 is 5.52. The van der Waals surface area contributed by atoms with E-state index in [1.807, 2.05) is 12.1 Å². The minimum atomic E-state index is -0.133. The number of imide groups is 1. The molecule has 0 bridgehead atoms. The van der Waals surface area contributed by atoms with Crippen LogP contribution in [0, 0.1) is 11.8 Å². The third kappa shape index (κ3) is 3.35. The monoisotopic (exact) mass is 342 g/mol. The van der Waals surface area contributed by atoms with E-state index < -0.39 is 0 Å². The Kier molecular flexibility index (Phi) is 4.86. The third-order valence-electron chi connectivity index (χ3n) is 5.80. The van der Waals surface area contributed by atoms with Crippen molar-refractivity contribution in [2.45, 2.75) is 25.7 Å². The summed E-state index contributed by atoms with van der Waals surface area (Å²) in [4.78, 5) is 28.5. The maximum atomic E-state index is 12.3. The molecule has 25 heavy (non-hydrogen) atoms. The Hall–Kier alpha value is -1.72. The summed E-state index contributed by atoms with van der Waals surface area (Å²) in [7, 11) is 0. The molecule has 134 valence electrons. The number of carbonyl (C=O) groups is 2. The van der Waals surface area contributed by atoms with Crippen molar-refractivity contribution in [1.82, 2.24) is 9.80 Å². The van der Waals surface area contributed by atoms with Gasteiger partial charge in [0.25, 0.3) is 11.8 Å². The van der Waals surface area contributed by atoms with Crippen molar-refractivity contribution in [3.63, 3.8) is 0 Å². The van der Waals surface area contributed by atoms with Crippen LogP contribution in [0.2, 0.25) is 0 Å². The largest absolute Gasteiger partial charge is 0.381 e. The molecule has 5 heteroatoms. The van der Waals surface area contributed by atoms with Crippen molar-refractivity contribution in [3.05, 3.63) is 35.4 Å². The zero-order valence-electron chi connectivity index (χ0n) is 14.7. The predicted octanol–water partition coefficient (Wildman–Crippen LogP) is 2.42. The molecule has 5 nitrogen and oxygen atoms in total. The van der Waals surface area contributed by atoms with Crippen molar-refractivity contribution in [2.75, 3.05) is 39.4 Å². The van der Waals surface area contributed by atoms with Crippen molar-refractivity contribution in [3.8, 4) is 0 Å². The number of hydrogen-bond acceptors (Lipinski definition) is 4. The van der Waals surface area contributed by atoms with Crippen LogP contribution in [0.4, 0.5) is 0 Å². The maximum absolute atomic E-state index is 12.3. The maximum Gasteiger partial charge on any atom is 0.261 e. The number of rotatable bonds is 7. The van der Waals surface area contributed by atoms with Crippen LogP contribution in [-0.2, 0) is 4.74 Å². The smallest absolute Gasteiger partial charge is 0.261 e. The highest BCUT2D eigenvalue weighted by Crippen LogP contribution is 2.29. The second-order valence-corrected chi connectivity index (χ2v) is 7.54. The Morgan fingerprint density at radius 2 is 1.40 bits per heavy atom. The van der Waals surface area contributed by atoms with Crippen LogP contribution < -0.4 is 0 Å². The Labute approximate surface area is 148 Å². The molecule has 3 aliphatic heterocycles. The fraction of sp³-hybridized carbons (Fsp3) is 0.600. The molecule has 3 aliphatic rings. The molecule has 0 unspecified atom stereocenters. The first kappa shape index (κ1) is 16.7. The molecule has 3 heterocycles.